The van der Waals surface area contributed by atoms with Gasteiger partial charge in [-0.2, -0.15) is 4.99 Å². The molecule has 7 nitrogen and oxygen atoms in total. The summed E-state index contributed by atoms with van der Waals surface area (Å²) in [6, 6.07) is 27.2. The van der Waals surface area contributed by atoms with Gasteiger partial charge in [-0.05, 0) is 48.5 Å². The summed E-state index contributed by atoms with van der Waals surface area (Å²) in [5, 5.41) is 17.4. The first-order valence-electron chi connectivity index (χ1n) is 10.7. The molecule has 4 N–H and O–H groups in total. The van der Waals surface area contributed by atoms with Crippen molar-refractivity contribution in [3.63, 3.8) is 0 Å². The first-order valence-corrected chi connectivity index (χ1v) is 11.6. The summed E-state index contributed by atoms with van der Waals surface area (Å²) in [5.74, 6) is 0.288. The second-order valence-corrected chi connectivity index (χ2v) is 8.34. The van der Waals surface area contributed by atoms with Crippen LogP contribution in [0.15, 0.2) is 101 Å². The fraction of sp³-hybridized carbons (Fsp3) is 0. The van der Waals surface area contributed by atoms with Gasteiger partial charge in [0.2, 0.25) is 0 Å². The summed E-state index contributed by atoms with van der Waals surface area (Å²) < 4.78 is 13.2. The van der Waals surface area contributed by atoms with Crippen LogP contribution in [-0.4, -0.2) is 21.1 Å². The van der Waals surface area contributed by atoms with Gasteiger partial charge >= 0.3 is 0 Å². The Balaban J connectivity index is 1.29. The molecular weight excluding hydrogens is 461 g/mol. The van der Waals surface area contributed by atoms with Crippen molar-refractivity contribution in [2.45, 2.75) is 0 Å². The third-order valence-electron chi connectivity index (χ3n) is 5.03. The Morgan fingerprint density at radius 3 is 2.23 bits per heavy atom. The number of thiazole rings is 1. The van der Waals surface area contributed by atoms with E-state index < -0.39 is 0 Å². The number of nitrogens with zero attached hydrogens (tertiary/aromatic N) is 4. The van der Waals surface area contributed by atoms with Gasteiger partial charge < -0.3 is 16.4 Å². The SMILES string of the molecule is NC(=Nc1ccc(-c2ccccc2)nn1)Nc1ccccc1Nc1nc(-c2ccc(F)cc2)cs1. The van der Waals surface area contributed by atoms with Gasteiger partial charge in [0.15, 0.2) is 16.9 Å². The van der Waals surface area contributed by atoms with Crippen LogP contribution in [0.2, 0.25) is 0 Å². The zero-order valence-corrected chi connectivity index (χ0v) is 19.2. The topological polar surface area (TPSA) is 101 Å². The van der Waals surface area contributed by atoms with E-state index in [1.807, 2.05) is 66.0 Å². The van der Waals surface area contributed by atoms with Crippen LogP contribution in [0.3, 0.4) is 0 Å². The molecule has 0 aliphatic rings. The van der Waals surface area contributed by atoms with Crippen molar-refractivity contribution in [3.05, 3.63) is 102 Å². The minimum absolute atomic E-state index is 0.173. The van der Waals surface area contributed by atoms with Crippen LogP contribution < -0.4 is 16.4 Å². The van der Waals surface area contributed by atoms with Crippen molar-refractivity contribution in [3.8, 4) is 22.5 Å². The van der Waals surface area contributed by atoms with E-state index in [0.29, 0.717) is 10.9 Å². The van der Waals surface area contributed by atoms with Crippen LogP contribution in [0.1, 0.15) is 0 Å². The summed E-state index contributed by atoms with van der Waals surface area (Å²) >= 11 is 1.45. The lowest BCUT2D eigenvalue weighted by Crippen LogP contribution is -2.22. The molecule has 0 saturated carbocycles. The lowest BCUT2D eigenvalue weighted by molar-refractivity contribution is 0.628. The molecule has 3 aromatic carbocycles. The third kappa shape index (κ3) is 5.48. The fourth-order valence-corrected chi connectivity index (χ4v) is 4.07. The Morgan fingerprint density at radius 2 is 1.49 bits per heavy atom. The van der Waals surface area contributed by atoms with E-state index in [0.717, 1.165) is 33.9 Å². The molecule has 0 bridgehead atoms. The molecule has 0 fully saturated rings. The van der Waals surface area contributed by atoms with E-state index in [1.165, 1.54) is 23.5 Å². The number of benzene rings is 3. The first-order chi connectivity index (χ1) is 17.1. The number of nitrogens with one attached hydrogen (secondary N) is 2. The highest BCUT2D eigenvalue weighted by Gasteiger charge is 2.09. The maximum absolute atomic E-state index is 13.2. The van der Waals surface area contributed by atoms with E-state index in [2.05, 4.69) is 30.8 Å². The van der Waals surface area contributed by atoms with Gasteiger partial charge in [-0.15, -0.1) is 21.5 Å². The maximum atomic E-state index is 13.2. The van der Waals surface area contributed by atoms with Crippen molar-refractivity contribution in [1.29, 1.82) is 0 Å². The number of rotatable bonds is 6. The number of nitrogens with two attached hydrogens (primary N) is 1. The van der Waals surface area contributed by atoms with Gasteiger partial charge in [0.1, 0.15) is 5.82 Å². The van der Waals surface area contributed by atoms with Crippen LogP contribution in [0.25, 0.3) is 22.5 Å². The monoisotopic (exact) mass is 481 g/mol. The first kappa shape index (κ1) is 22.2. The minimum atomic E-state index is -0.278. The maximum Gasteiger partial charge on any atom is 0.199 e. The second-order valence-electron chi connectivity index (χ2n) is 7.48. The molecule has 172 valence electrons. The predicted molar refractivity (Wildman–Crippen MR) is 140 cm³/mol. The number of anilines is 3. The third-order valence-corrected chi connectivity index (χ3v) is 5.79. The van der Waals surface area contributed by atoms with Gasteiger partial charge in [-0.25, -0.2) is 9.37 Å². The molecule has 0 saturated heterocycles. The molecule has 0 spiro atoms. The molecule has 0 amide bonds. The Hall–Kier alpha value is -4.63. The molecule has 0 atom stereocenters. The van der Waals surface area contributed by atoms with Gasteiger partial charge in [-0.3, -0.25) is 0 Å². The van der Waals surface area contributed by atoms with Crippen molar-refractivity contribution in [1.82, 2.24) is 15.2 Å². The number of para-hydroxylation sites is 2. The van der Waals surface area contributed by atoms with Gasteiger partial charge in [0.25, 0.3) is 0 Å². The molecular formula is C26H20FN7S. The number of hydrogen-bond donors (Lipinski definition) is 3. The summed E-state index contributed by atoms with van der Waals surface area (Å²) in [4.78, 5) is 8.93. The highest BCUT2D eigenvalue weighted by Crippen LogP contribution is 2.30. The van der Waals surface area contributed by atoms with Crippen LogP contribution in [-0.2, 0) is 0 Å². The van der Waals surface area contributed by atoms with E-state index in [9.17, 15) is 4.39 Å². The number of aliphatic imine (C=N–C) groups is 1. The molecule has 5 rings (SSSR count). The van der Waals surface area contributed by atoms with Crippen molar-refractivity contribution < 1.29 is 4.39 Å². The van der Waals surface area contributed by atoms with Crippen molar-refractivity contribution >= 4 is 39.6 Å². The molecule has 0 radical (unpaired) electrons. The Bertz CT molecular complexity index is 1450. The number of halogens is 1. The summed E-state index contributed by atoms with van der Waals surface area (Å²) in [5.41, 5.74) is 11.0. The average molecular weight is 482 g/mol. The van der Waals surface area contributed by atoms with Gasteiger partial charge in [-0.1, -0.05) is 42.5 Å². The summed E-state index contributed by atoms with van der Waals surface area (Å²) in [6.45, 7) is 0. The van der Waals surface area contributed by atoms with Crippen molar-refractivity contribution in [2.24, 2.45) is 10.7 Å². The number of hydrogen-bond acceptors (Lipinski definition) is 6. The molecule has 0 aliphatic heterocycles. The molecule has 5 aromatic rings. The summed E-state index contributed by atoms with van der Waals surface area (Å²) in [6.07, 6.45) is 0. The van der Waals surface area contributed by atoms with E-state index in [1.54, 1.807) is 18.2 Å². The van der Waals surface area contributed by atoms with Crippen molar-refractivity contribution in [2.75, 3.05) is 10.6 Å². The van der Waals surface area contributed by atoms with Crippen LogP contribution >= 0.6 is 11.3 Å². The highest BCUT2D eigenvalue weighted by molar-refractivity contribution is 7.14. The minimum Gasteiger partial charge on any atom is -0.369 e. The molecule has 35 heavy (non-hydrogen) atoms. The molecule has 2 aromatic heterocycles. The molecule has 0 unspecified atom stereocenters. The smallest absolute Gasteiger partial charge is 0.199 e. The number of guanidine groups is 1. The quantitative estimate of drug-likeness (QED) is 0.197. The van der Waals surface area contributed by atoms with Crippen LogP contribution in [0.4, 0.5) is 26.7 Å². The van der Waals surface area contributed by atoms with Gasteiger partial charge in [0.05, 0.1) is 22.8 Å². The summed E-state index contributed by atoms with van der Waals surface area (Å²) in [7, 11) is 0. The zero-order valence-electron chi connectivity index (χ0n) is 18.4. The van der Waals surface area contributed by atoms with Crippen LogP contribution in [0, 0.1) is 5.82 Å². The average Bonchev–Trinajstić information content (AvgIpc) is 3.35. The highest BCUT2D eigenvalue weighted by atomic mass is 32.1. The zero-order chi connectivity index (χ0) is 24.0. The van der Waals surface area contributed by atoms with E-state index >= 15 is 0 Å². The number of aromatic nitrogens is 3. The normalized spacial score (nSPS) is 11.3. The molecule has 2 heterocycles. The lowest BCUT2D eigenvalue weighted by Gasteiger charge is -2.11. The molecule has 9 heteroatoms. The van der Waals surface area contributed by atoms with Gasteiger partial charge in [0, 0.05) is 16.5 Å². The van der Waals surface area contributed by atoms with E-state index in [-0.39, 0.29) is 11.8 Å². The fourth-order valence-electron chi connectivity index (χ4n) is 3.34. The predicted octanol–water partition coefficient (Wildman–Crippen LogP) is 6.21. The Labute approximate surface area is 205 Å². The van der Waals surface area contributed by atoms with Crippen LogP contribution in [0.5, 0.6) is 0 Å². The Kier molecular flexibility index (Phi) is 6.40. The lowest BCUT2D eigenvalue weighted by atomic mass is 10.1. The largest absolute Gasteiger partial charge is 0.369 e. The Morgan fingerprint density at radius 1 is 0.771 bits per heavy atom. The van der Waals surface area contributed by atoms with E-state index in [4.69, 9.17) is 5.73 Å². The standard InChI is InChI=1S/C26H20FN7S/c27-19-12-10-18(11-13-19)23-16-35-26(31-23)30-22-9-5-4-8-21(22)29-25(28)32-24-15-14-20(33-34-24)17-6-2-1-3-7-17/h1-16H,(H,30,31)(H3,28,29,32,34). The molecule has 0 aliphatic carbocycles. The second kappa shape index (κ2) is 10.1.